The van der Waals surface area contributed by atoms with E-state index in [9.17, 15) is 15.0 Å². The summed E-state index contributed by atoms with van der Waals surface area (Å²) in [6.45, 7) is 6.72. The molecule has 1 aromatic rings. The van der Waals surface area contributed by atoms with Crippen molar-refractivity contribution in [2.75, 3.05) is 6.54 Å². The number of carbonyl (C=O) groups is 1. The molecule has 0 aliphatic rings. The summed E-state index contributed by atoms with van der Waals surface area (Å²) in [6, 6.07) is 4.81. The number of nitrogens with one attached hydrogen (secondary N) is 2. The number of hydrogen-bond donors (Lipinski definition) is 4. The predicted molar refractivity (Wildman–Crippen MR) is 74.0 cm³/mol. The summed E-state index contributed by atoms with van der Waals surface area (Å²) < 4.78 is 0. The second-order valence-corrected chi connectivity index (χ2v) is 5.51. The minimum Gasteiger partial charge on any atom is -0.504 e. The van der Waals surface area contributed by atoms with Crippen LogP contribution in [0.4, 0.5) is 0 Å². The van der Waals surface area contributed by atoms with Crippen LogP contribution in [0, 0.1) is 0 Å². The fraction of sp³-hybridized carbons (Fsp3) is 0.500. The van der Waals surface area contributed by atoms with Crippen LogP contribution in [0.2, 0.25) is 0 Å². The highest BCUT2D eigenvalue weighted by Gasteiger charge is 2.13. The van der Waals surface area contributed by atoms with E-state index in [0.29, 0.717) is 25.1 Å². The summed E-state index contributed by atoms with van der Waals surface area (Å²) in [7, 11) is 0. The van der Waals surface area contributed by atoms with E-state index in [1.54, 1.807) is 12.1 Å². The molecule has 0 saturated carbocycles. The number of phenols is 2. The van der Waals surface area contributed by atoms with Crippen LogP contribution in [-0.2, 0) is 11.3 Å². The van der Waals surface area contributed by atoms with Crippen molar-refractivity contribution in [3.8, 4) is 11.5 Å². The molecular formula is C14H22N2O3. The Morgan fingerprint density at radius 2 is 1.95 bits per heavy atom. The number of carbonyl (C=O) groups excluding carboxylic acids is 1. The Balaban J connectivity index is 2.32. The monoisotopic (exact) mass is 266 g/mol. The van der Waals surface area contributed by atoms with Gasteiger partial charge in [0.2, 0.25) is 5.91 Å². The van der Waals surface area contributed by atoms with Crippen molar-refractivity contribution in [3.63, 3.8) is 0 Å². The molecule has 0 unspecified atom stereocenters. The van der Waals surface area contributed by atoms with Gasteiger partial charge in [-0.15, -0.1) is 0 Å². The second kappa shape index (κ2) is 6.43. The summed E-state index contributed by atoms with van der Waals surface area (Å²) in [5, 5.41) is 24.8. The molecule has 0 fully saturated rings. The van der Waals surface area contributed by atoms with E-state index >= 15 is 0 Å². The molecular weight excluding hydrogens is 244 g/mol. The molecule has 1 rings (SSSR count). The number of amides is 1. The average Bonchev–Trinajstić information content (AvgIpc) is 2.27. The first kappa shape index (κ1) is 15.3. The third kappa shape index (κ3) is 5.61. The molecule has 106 valence electrons. The standard InChI is InChI=1S/C14H22N2O3/c1-14(2,3)16-12(18)7-8-15-9-10-5-4-6-11(17)13(10)19/h4-6,15,17,19H,7-9H2,1-3H3,(H,16,18). The number of para-hydroxylation sites is 1. The average molecular weight is 266 g/mol. The second-order valence-electron chi connectivity index (χ2n) is 5.51. The molecule has 0 spiro atoms. The van der Waals surface area contributed by atoms with E-state index in [1.807, 2.05) is 20.8 Å². The summed E-state index contributed by atoms with van der Waals surface area (Å²) >= 11 is 0. The van der Waals surface area contributed by atoms with Gasteiger partial charge in [0, 0.05) is 30.6 Å². The van der Waals surface area contributed by atoms with E-state index in [0.717, 1.165) is 0 Å². The van der Waals surface area contributed by atoms with E-state index in [1.165, 1.54) is 6.07 Å². The van der Waals surface area contributed by atoms with Crippen LogP contribution in [0.3, 0.4) is 0 Å². The van der Waals surface area contributed by atoms with Gasteiger partial charge >= 0.3 is 0 Å². The molecule has 0 aliphatic carbocycles. The largest absolute Gasteiger partial charge is 0.504 e. The number of phenolic OH excluding ortho intramolecular Hbond substituents is 2. The van der Waals surface area contributed by atoms with Crippen LogP contribution < -0.4 is 10.6 Å². The maximum atomic E-state index is 11.6. The van der Waals surface area contributed by atoms with Gasteiger partial charge in [-0.2, -0.15) is 0 Å². The van der Waals surface area contributed by atoms with Crippen molar-refractivity contribution in [1.29, 1.82) is 0 Å². The molecule has 0 atom stereocenters. The first-order valence-electron chi connectivity index (χ1n) is 6.31. The lowest BCUT2D eigenvalue weighted by Gasteiger charge is -2.20. The number of rotatable bonds is 5. The van der Waals surface area contributed by atoms with Crippen molar-refractivity contribution in [2.45, 2.75) is 39.3 Å². The van der Waals surface area contributed by atoms with Gasteiger partial charge in [-0.1, -0.05) is 12.1 Å². The normalized spacial score (nSPS) is 11.3. The quantitative estimate of drug-likeness (QED) is 0.481. The first-order valence-corrected chi connectivity index (χ1v) is 6.31. The van der Waals surface area contributed by atoms with Crippen molar-refractivity contribution in [3.05, 3.63) is 23.8 Å². The van der Waals surface area contributed by atoms with Gasteiger partial charge in [-0.3, -0.25) is 4.79 Å². The fourth-order valence-electron chi connectivity index (χ4n) is 1.63. The summed E-state index contributed by atoms with van der Waals surface area (Å²) in [4.78, 5) is 11.6. The molecule has 19 heavy (non-hydrogen) atoms. The van der Waals surface area contributed by atoms with Gasteiger partial charge in [0.15, 0.2) is 11.5 Å². The summed E-state index contributed by atoms with van der Waals surface area (Å²) in [6.07, 6.45) is 0.372. The van der Waals surface area contributed by atoms with Crippen molar-refractivity contribution < 1.29 is 15.0 Å². The molecule has 0 bridgehead atoms. The van der Waals surface area contributed by atoms with E-state index in [-0.39, 0.29) is 22.9 Å². The third-order valence-electron chi connectivity index (χ3n) is 2.46. The van der Waals surface area contributed by atoms with Crippen LogP contribution in [0.15, 0.2) is 18.2 Å². The molecule has 0 heterocycles. The smallest absolute Gasteiger partial charge is 0.221 e. The van der Waals surface area contributed by atoms with Gasteiger partial charge < -0.3 is 20.8 Å². The Kier molecular flexibility index (Phi) is 5.18. The molecule has 0 aromatic heterocycles. The predicted octanol–water partition coefficient (Wildman–Crippen LogP) is 1.49. The Morgan fingerprint density at radius 1 is 1.26 bits per heavy atom. The SMILES string of the molecule is CC(C)(C)NC(=O)CCNCc1cccc(O)c1O. The third-order valence-corrected chi connectivity index (χ3v) is 2.46. The first-order chi connectivity index (χ1) is 8.79. The topological polar surface area (TPSA) is 81.6 Å². The molecule has 4 N–H and O–H groups in total. The van der Waals surface area contributed by atoms with Crippen LogP contribution in [-0.4, -0.2) is 28.2 Å². The number of benzene rings is 1. The Hall–Kier alpha value is -1.75. The molecule has 1 aromatic carbocycles. The minimum atomic E-state index is -0.222. The van der Waals surface area contributed by atoms with E-state index in [4.69, 9.17) is 0 Å². The van der Waals surface area contributed by atoms with Gasteiger partial charge in [-0.25, -0.2) is 0 Å². The fourth-order valence-corrected chi connectivity index (χ4v) is 1.63. The molecule has 1 amide bonds. The zero-order valence-electron chi connectivity index (χ0n) is 11.7. The molecule has 5 nitrogen and oxygen atoms in total. The zero-order chi connectivity index (χ0) is 14.5. The van der Waals surface area contributed by atoms with Crippen LogP contribution in [0.1, 0.15) is 32.8 Å². The zero-order valence-corrected chi connectivity index (χ0v) is 11.7. The van der Waals surface area contributed by atoms with Crippen LogP contribution in [0.25, 0.3) is 0 Å². The lowest BCUT2D eigenvalue weighted by Crippen LogP contribution is -2.41. The Morgan fingerprint density at radius 3 is 2.58 bits per heavy atom. The Labute approximate surface area is 113 Å². The minimum absolute atomic E-state index is 0.0138. The molecule has 0 aliphatic heterocycles. The lowest BCUT2D eigenvalue weighted by atomic mass is 10.1. The van der Waals surface area contributed by atoms with E-state index < -0.39 is 0 Å². The number of hydrogen-bond acceptors (Lipinski definition) is 4. The van der Waals surface area contributed by atoms with Gasteiger partial charge in [0.1, 0.15) is 0 Å². The summed E-state index contributed by atoms with van der Waals surface area (Å²) in [5.74, 6) is -0.265. The van der Waals surface area contributed by atoms with Crippen molar-refractivity contribution >= 4 is 5.91 Å². The molecule has 0 radical (unpaired) electrons. The van der Waals surface area contributed by atoms with Gasteiger partial charge in [0.05, 0.1) is 0 Å². The van der Waals surface area contributed by atoms with Gasteiger partial charge in [-0.05, 0) is 26.8 Å². The Bertz CT molecular complexity index is 439. The highest BCUT2D eigenvalue weighted by molar-refractivity contribution is 5.76. The molecule has 0 saturated heterocycles. The highest BCUT2D eigenvalue weighted by atomic mass is 16.3. The summed E-state index contributed by atoms with van der Waals surface area (Å²) in [5.41, 5.74) is 0.386. The highest BCUT2D eigenvalue weighted by Crippen LogP contribution is 2.27. The van der Waals surface area contributed by atoms with Crippen molar-refractivity contribution in [2.24, 2.45) is 0 Å². The lowest BCUT2D eigenvalue weighted by molar-refractivity contribution is -0.122. The maximum Gasteiger partial charge on any atom is 0.221 e. The van der Waals surface area contributed by atoms with E-state index in [2.05, 4.69) is 10.6 Å². The van der Waals surface area contributed by atoms with Gasteiger partial charge in [0.25, 0.3) is 0 Å². The van der Waals surface area contributed by atoms with Crippen molar-refractivity contribution in [1.82, 2.24) is 10.6 Å². The molecule has 5 heteroatoms. The maximum absolute atomic E-state index is 11.6. The van der Waals surface area contributed by atoms with Crippen LogP contribution >= 0.6 is 0 Å². The number of aromatic hydroxyl groups is 2. The van der Waals surface area contributed by atoms with Crippen LogP contribution in [0.5, 0.6) is 11.5 Å².